The highest BCUT2D eigenvalue weighted by Crippen LogP contribution is 2.41. The van der Waals surface area contributed by atoms with Gasteiger partial charge in [0.25, 0.3) is 0 Å². The quantitative estimate of drug-likeness (QED) is 0.336. The fourth-order valence-corrected chi connectivity index (χ4v) is 4.79. The van der Waals surface area contributed by atoms with Gasteiger partial charge in [-0.3, -0.25) is 4.72 Å². The number of halogens is 5. The van der Waals surface area contributed by atoms with Gasteiger partial charge >= 0.3 is 6.18 Å². The van der Waals surface area contributed by atoms with Crippen LogP contribution in [-0.2, 0) is 12.7 Å². The highest BCUT2D eigenvalue weighted by Gasteiger charge is 2.37. The molecule has 2 heterocycles. The Bertz CT molecular complexity index is 1130. The van der Waals surface area contributed by atoms with E-state index < -0.39 is 29.1 Å². The number of alkyl halides is 3. The van der Waals surface area contributed by atoms with Crippen molar-refractivity contribution in [3.8, 4) is 11.1 Å². The van der Waals surface area contributed by atoms with E-state index in [2.05, 4.69) is 9.71 Å². The molecule has 1 aromatic carbocycles. The highest BCUT2D eigenvalue weighted by molar-refractivity contribution is 7.98. The molecule has 0 amide bonds. The average molecular weight is 453 g/mol. The summed E-state index contributed by atoms with van der Waals surface area (Å²) in [7, 11) is 0. The van der Waals surface area contributed by atoms with Crippen molar-refractivity contribution in [1.82, 2.24) is 14.3 Å². The molecule has 0 aliphatic heterocycles. The Morgan fingerprint density at radius 2 is 1.84 bits per heavy atom. The fraction of sp³-hybridized carbons (Fsp3) is 0.409. The van der Waals surface area contributed by atoms with Gasteiger partial charge < -0.3 is 4.57 Å². The van der Waals surface area contributed by atoms with Gasteiger partial charge in [0.05, 0.1) is 6.20 Å². The molecule has 2 aliphatic carbocycles. The first-order valence-corrected chi connectivity index (χ1v) is 11.1. The molecule has 3 nitrogen and oxygen atoms in total. The SMILES string of the molecule is Fc1cnc(C(F)(F)F)c(-c2cc3c(cc2F)c(CNSC2CC2)cn3C2CCC2)c1. The second-order valence-electron chi connectivity index (χ2n) is 8.18. The topological polar surface area (TPSA) is 29.9 Å². The molecule has 2 aliphatic rings. The number of fused-ring (bicyclic) bond motifs is 1. The summed E-state index contributed by atoms with van der Waals surface area (Å²) in [5.74, 6) is -1.77. The third-order valence-electron chi connectivity index (χ3n) is 5.92. The Kier molecular flexibility index (Phi) is 5.21. The predicted octanol–water partition coefficient (Wildman–Crippen LogP) is 6.63. The maximum absolute atomic E-state index is 15.1. The minimum atomic E-state index is -4.82. The van der Waals surface area contributed by atoms with Gasteiger partial charge in [0, 0.05) is 46.1 Å². The zero-order valence-corrected chi connectivity index (χ0v) is 17.3. The number of hydrogen-bond donors (Lipinski definition) is 1. The molecule has 2 fully saturated rings. The number of pyridine rings is 1. The fourth-order valence-electron chi connectivity index (χ4n) is 3.95. The van der Waals surface area contributed by atoms with Crippen LogP contribution in [0.5, 0.6) is 0 Å². The molecule has 0 radical (unpaired) electrons. The van der Waals surface area contributed by atoms with Crippen molar-refractivity contribution in [2.45, 2.75) is 56.1 Å². The van der Waals surface area contributed by atoms with Crippen LogP contribution in [0, 0.1) is 11.6 Å². The van der Waals surface area contributed by atoms with Crippen molar-refractivity contribution < 1.29 is 22.0 Å². The van der Waals surface area contributed by atoms with Crippen LogP contribution in [0.3, 0.4) is 0 Å². The van der Waals surface area contributed by atoms with E-state index in [1.54, 1.807) is 11.9 Å². The number of rotatable bonds is 6. The van der Waals surface area contributed by atoms with Gasteiger partial charge in [0.15, 0.2) is 5.69 Å². The summed E-state index contributed by atoms with van der Waals surface area (Å²) in [6.45, 7) is 0.533. The Morgan fingerprint density at radius 1 is 1.06 bits per heavy atom. The molecular formula is C22H20F5N3S. The van der Waals surface area contributed by atoms with Crippen LogP contribution < -0.4 is 4.72 Å². The Hall–Kier alpha value is -2.13. The van der Waals surface area contributed by atoms with E-state index in [1.807, 2.05) is 10.8 Å². The van der Waals surface area contributed by atoms with Crippen molar-refractivity contribution in [3.63, 3.8) is 0 Å². The van der Waals surface area contributed by atoms with E-state index in [0.717, 1.165) is 24.8 Å². The largest absolute Gasteiger partial charge is 0.433 e. The van der Waals surface area contributed by atoms with Crippen LogP contribution in [0.25, 0.3) is 22.0 Å². The summed E-state index contributed by atoms with van der Waals surface area (Å²) in [6, 6.07) is 3.61. The third kappa shape index (κ3) is 4.05. The van der Waals surface area contributed by atoms with E-state index in [0.29, 0.717) is 35.0 Å². The number of nitrogens with zero attached hydrogens (tertiary/aromatic N) is 2. The van der Waals surface area contributed by atoms with Crippen LogP contribution in [0.1, 0.15) is 49.4 Å². The number of aromatic nitrogens is 2. The van der Waals surface area contributed by atoms with E-state index in [-0.39, 0.29) is 11.6 Å². The first kappa shape index (κ1) is 20.8. The molecule has 2 saturated carbocycles. The maximum Gasteiger partial charge on any atom is 0.433 e. The predicted molar refractivity (Wildman–Crippen MR) is 110 cm³/mol. The monoisotopic (exact) mass is 453 g/mol. The van der Waals surface area contributed by atoms with Crippen LogP contribution in [0.4, 0.5) is 22.0 Å². The van der Waals surface area contributed by atoms with Crippen molar-refractivity contribution >= 4 is 22.9 Å². The summed E-state index contributed by atoms with van der Waals surface area (Å²) in [4.78, 5) is 3.21. The minimum absolute atomic E-state index is 0.235. The lowest BCUT2D eigenvalue weighted by molar-refractivity contribution is -0.140. The number of hydrogen-bond acceptors (Lipinski definition) is 3. The highest BCUT2D eigenvalue weighted by atomic mass is 32.2. The number of benzene rings is 1. The molecule has 5 rings (SSSR count). The standard InChI is InChI=1S/C22H20F5N3S/c23-13-6-18(21(28-10-13)22(25,26)27)17-8-20-16(7-19(17)24)12(9-29-31-15-4-5-15)11-30(20)14-2-1-3-14/h6-8,10-11,14-15,29H,1-5,9H2. The van der Waals surface area contributed by atoms with Gasteiger partial charge in [-0.2, -0.15) is 13.2 Å². The Morgan fingerprint density at radius 3 is 2.48 bits per heavy atom. The van der Waals surface area contributed by atoms with Crippen molar-refractivity contribution in [2.24, 2.45) is 0 Å². The Labute approximate surface area is 180 Å². The average Bonchev–Trinajstić information content (AvgIpc) is 3.42. The molecule has 0 bridgehead atoms. The normalized spacial score (nSPS) is 17.3. The summed E-state index contributed by atoms with van der Waals surface area (Å²) in [5, 5.41) is 1.28. The lowest BCUT2D eigenvalue weighted by Crippen LogP contribution is -2.16. The zero-order valence-electron chi connectivity index (χ0n) is 16.5. The first-order valence-electron chi connectivity index (χ1n) is 10.3. The van der Waals surface area contributed by atoms with Gasteiger partial charge in [-0.05, 0) is 55.9 Å². The lowest BCUT2D eigenvalue weighted by atomic mass is 9.92. The van der Waals surface area contributed by atoms with Crippen molar-refractivity contribution in [2.75, 3.05) is 0 Å². The van der Waals surface area contributed by atoms with Gasteiger partial charge in [0.2, 0.25) is 0 Å². The second-order valence-corrected chi connectivity index (χ2v) is 9.37. The van der Waals surface area contributed by atoms with Crippen LogP contribution in [0.15, 0.2) is 30.6 Å². The molecule has 9 heteroatoms. The van der Waals surface area contributed by atoms with Crippen molar-refractivity contribution in [3.05, 3.63) is 53.5 Å². The van der Waals surface area contributed by atoms with Gasteiger partial charge in [-0.15, -0.1) is 0 Å². The molecule has 1 N–H and O–H groups in total. The van der Waals surface area contributed by atoms with Gasteiger partial charge in [0.1, 0.15) is 11.6 Å². The van der Waals surface area contributed by atoms with E-state index >= 15 is 4.39 Å². The zero-order chi connectivity index (χ0) is 21.8. The molecule has 0 unspecified atom stereocenters. The maximum atomic E-state index is 15.1. The van der Waals surface area contributed by atoms with Gasteiger partial charge in [-0.1, -0.05) is 11.9 Å². The van der Waals surface area contributed by atoms with E-state index in [9.17, 15) is 17.6 Å². The lowest BCUT2D eigenvalue weighted by Gasteiger charge is -2.28. The molecule has 0 saturated heterocycles. The summed E-state index contributed by atoms with van der Waals surface area (Å²) in [6.07, 6.45) is 3.02. The Balaban J connectivity index is 1.62. The van der Waals surface area contributed by atoms with Gasteiger partial charge in [-0.25, -0.2) is 13.8 Å². The molecular weight excluding hydrogens is 433 g/mol. The smallest absolute Gasteiger partial charge is 0.344 e. The summed E-state index contributed by atoms with van der Waals surface area (Å²) >= 11 is 1.67. The van der Waals surface area contributed by atoms with E-state index in [1.165, 1.54) is 25.0 Å². The van der Waals surface area contributed by atoms with Crippen molar-refractivity contribution in [1.29, 1.82) is 0 Å². The van der Waals surface area contributed by atoms with Crippen LogP contribution in [-0.4, -0.2) is 14.8 Å². The second kappa shape index (κ2) is 7.78. The molecule has 2 aromatic heterocycles. The molecule has 3 aromatic rings. The molecule has 0 spiro atoms. The van der Waals surface area contributed by atoms with Crippen LogP contribution in [0.2, 0.25) is 0 Å². The summed E-state index contributed by atoms with van der Waals surface area (Å²) in [5.41, 5.74) is -0.619. The summed E-state index contributed by atoms with van der Waals surface area (Å²) < 4.78 is 74.6. The molecule has 164 valence electrons. The minimum Gasteiger partial charge on any atom is -0.344 e. The first-order chi connectivity index (χ1) is 14.8. The van der Waals surface area contributed by atoms with E-state index in [4.69, 9.17) is 0 Å². The number of nitrogens with one attached hydrogen (secondary N) is 1. The molecule has 0 atom stereocenters. The van der Waals surface area contributed by atoms with Crippen LogP contribution >= 0.6 is 11.9 Å². The molecule has 31 heavy (non-hydrogen) atoms. The third-order valence-corrected chi connectivity index (χ3v) is 7.04.